The van der Waals surface area contributed by atoms with E-state index in [-0.39, 0.29) is 10.5 Å². The summed E-state index contributed by atoms with van der Waals surface area (Å²) in [5.74, 6) is 0.372. The highest BCUT2D eigenvalue weighted by atomic mass is 32.3. The summed E-state index contributed by atoms with van der Waals surface area (Å²) in [6.07, 6.45) is 0.0189. The van der Waals surface area contributed by atoms with E-state index >= 15 is 0 Å². The molecule has 0 bridgehead atoms. The Balaban J connectivity index is 2.38. The van der Waals surface area contributed by atoms with Crippen molar-refractivity contribution in [3.8, 4) is 0 Å². The van der Waals surface area contributed by atoms with Crippen molar-refractivity contribution in [3.63, 3.8) is 0 Å². The van der Waals surface area contributed by atoms with Crippen molar-refractivity contribution in [1.82, 2.24) is 0 Å². The molecule has 1 aromatic heterocycles. The van der Waals surface area contributed by atoms with Crippen LogP contribution in [-0.4, -0.2) is 26.8 Å². The Bertz CT molecular complexity index is 241. The van der Waals surface area contributed by atoms with Gasteiger partial charge in [0.25, 0.3) is 0 Å². The predicted octanol–water partition coefficient (Wildman–Crippen LogP) is 2.07. The van der Waals surface area contributed by atoms with Gasteiger partial charge in [0.05, 0.1) is 10.9 Å². The topological polar surface area (TPSA) is 69.9 Å². The highest BCUT2D eigenvalue weighted by molar-refractivity contribution is 8.19. The fourth-order valence-electron chi connectivity index (χ4n) is 0.852. The normalized spacial score (nSPS) is 15.7. The number of rotatable bonds is 4. The molecule has 0 aliphatic carbocycles. The van der Waals surface area contributed by atoms with Crippen molar-refractivity contribution in [3.05, 3.63) is 22.9 Å². The molecule has 0 saturated heterocycles. The smallest absolute Gasteiger partial charge is 0.220 e. The first-order chi connectivity index (χ1) is 5.97. The van der Waals surface area contributed by atoms with Crippen LogP contribution >= 0.6 is 21.3 Å². The van der Waals surface area contributed by atoms with E-state index in [2.05, 4.69) is 4.18 Å². The molecule has 3 N–H and O–H groups in total. The average molecular weight is 225 g/mol. The Morgan fingerprint density at radius 1 is 1.38 bits per heavy atom. The Kier molecular flexibility index (Phi) is 3.72. The Morgan fingerprint density at radius 2 is 1.92 bits per heavy atom. The molecule has 0 aliphatic heterocycles. The molecule has 1 rings (SSSR count). The summed E-state index contributed by atoms with van der Waals surface area (Å²) < 4.78 is 22.4. The molecule has 13 heavy (non-hydrogen) atoms. The zero-order valence-electron chi connectivity index (χ0n) is 7.16. The molecule has 1 heterocycles. The van der Waals surface area contributed by atoms with Crippen LogP contribution in [0.5, 0.6) is 0 Å². The van der Waals surface area contributed by atoms with Gasteiger partial charge in [-0.25, -0.2) is 0 Å². The van der Waals surface area contributed by atoms with Crippen LogP contribution in [0.3, 0.4) is 0 Å². The maximum Gasteiger partial charge on any atom is 0.220 e. The van der Waals surface area contributed by atoms with E-state index in [4.69, 9.17) is 9.11 Å². The van der Waals surface area contributed by atoms with Crippen molar-refractivity contribution in [2.75, 3.05) is 6.26 Å². The third-order valence-electron chi connectivity index (χ3n) is 1.25. The Morgan fingerprint density at radius 3 is 2.38 bits per heavy atom. The van der Waals surface area contributed by atoms with Gasteiger partial charge in [0.1, 0.15) is 10.8 Å². The van der Waals surface area contributed by atoms with Crippen LogP contribution in [0.2, 0.25) is 0 Å². The molecule has 0 spiro atoms. The summed E-state index contributed by atoms with van der Waals surface area (Å²) >= 11 is 0. The fourth-order valence-corrected chi connectivity index (χ4v) is 2.72. The minimum atomic E-state index is -3.06. The lowest BCUT2D eigenvalue weighted by Gasteiger charge is -2.22. The Labute approximate surface area is 81.3 Å². The summed E-state index contributed by atoms with van der Waals surface area (Å²) in [6.45, 7) is 0. The second-order valence-electron chi connectivity index (χ2n) is 2.61. The molecule has 0 saturated carbocycles. The second-order valence-corrected chi connectivity index (χ2v) is 6.14. The van der Waals surface area contributed by atoms with Gasteiger partial charge in [-0.05, 0) is 22.6 Å². The lowest BCUT2D eigenvalue weighted by atomic mass is 10.7. The number of hydrogen-bond acceptors (Lipinski definition) is 4. The van der Waals surface area contributed by atoms with Gasteiger partial charge in [0, 0.05) is 6.26 Å². The molecule has 0 aromatic carbocycles. The zero-order chi connectivity index (χ0) is 9.90. The molecular weight excluding hydrogens is 212 g/mol. The summed E-state index contributed by atoms with van der Waals surface area (Å²) in [5.41, 5.74) is 0. The first kappa shape index (κ1) is 11.0. The van der Waals surface area contributed by atoms with E-state index < -0.39 is 17.2 Å². The average Bonchev–Trinajstić information content (AvgIpc) is 2.34. The van der Waals surface area contributed by atoms with E-state index in [1.165, 1.54) is 0 Å². The number of hydrogen-bond donors (Lipinski definition) is 3. The van der Waals surface area contributed by atoms with E-state index in [0.717, 1.165) is 6.26 Å². The van der Waals surface area contributed by atoms with E-state index in [9.17, 15) is 5.11 Å². The third kappa shape index (κ3) is 4.61. The van der Waals surface area contributed by atoms with Gasteiger partial charge < -0.3 is 14.2 Å². The molecule has 6 heteroatoms. The molecule has 1 aromatic rings. The lowest BCUT2D eigenvalue weighted by molar-refractivity contribution is -0.0112. The van der Waals surface area contributed by atoms with Crippen LogP contribution in [-0.2, 0) is 9.94 Å². The molecule has 76 valence electrons. The number of aliphatic hydroxyl groups is 1. The van der Waals surface area contributed by atoms with Crippen molar-refractivity contribution in [2.24, 2.45) is 0 Å². The van der Waals surface area contributed by atoms with Crippen molar-refractivity contribution < 1.29 is 18.4 Å². The molecule has 0 aliphatic rings. The number of thiophene rings is 1. The molecule has 0 unspecified atom stereocenters. The number of aliphatic hydroxyl groups excluding tert-OH is 1. The standard InChI is InChI=1S/C7H12O4S2/c1-13(9,10)11-7(8)6-12-4-2-3-5-12/h2-5,7-8H,6H2,1H3,(H-,9,10)/p+1/t7-/m1/s1. The van der Waals surface area contributed by atoms with Gasteiger partial charge in [-0.15, -0.1) is 0 Å². The summed E-state index contributed by atoms with van der Waals surface area (Å²) in [7, 11) is -3.20. The van der Waals surface area contributed by atoms with Crippen LogP contribution in [0.4, 0.5) is 0 Å². The molecule has 1 atom stereocenters. The van der Waals surface area contributed by atoms with Crippen molar-refractivity contribution >= 4 is 21.3 Å². The summed E-state index contributed by atoms with van der Waals surface area (Å²) in [6, 6.07) is 3.78. The predicted molar refractivity (Wildman–Crippen MR) is 54.8 cm³/mol. The molecule has 0 amide bonds. The van der Waals surface area contributed by atoms with Gasteiger partial charge in [0.15, 0.2) is 5.75 Å². The van der Waals surface area contributed by atoms with Crippen LogP contribution in [0.15, 0.2) is 22.9 Å². The maximum absolute atomic E-state index is 9.26. The summed E-state index contributed by atoms with van der Waals surface area (Å²) in [4.78, 5) is 0. The monoisotopic (exact) mass is 225 g/mol. The molecule has 4 nitrogen and oxygen atoms in total. The highest BCUT2D eigenvalue weighted by Crippen LogP contribution is 2.37. The van der Waals surface area contributed by atoms with E-state index in [1.807, 2.05) is 22.9 Å². The van der Waals surface area contributed by atoms with Crippen molar-refractivity contribution in [1.29, 1.82) is 0 Å². The zero-order valence-corrected chi connectivity index (χ0v) is 8.79. The van der Waals surface area contributed by atoms with Gasteiger partial charge in [-0.2, -0.15) is 0 Å². The second kappa shape index (κ2) is 4.41. The highest BCUT2D eigenvalue weighted by Gasteiger charge is 2.20. The summed E-state index contributed by atoms with van der Waals surface area (Å²) in [5, 5.41) is 13.1. The molecule has 0 fully saturated rings. The van der Waals surface area contributed by atoms with Crippen molar-refractivity contribution in [2.45, 2.75) is 12.0 Å². The van der Waals surface area contributed by atoms with E-state index in [1.54, 1.807) is 0 Å². The van der Waals surface area contributed by atoms with Crippen LogP contribution < -0.4 is 0 Å². The third-order valence-corrected chi connectivity index (χ3v) is 3.52. The quantitative estimate of drug-likeness (QED) is 0.542. The molecular formula is C7H13O4S2+. The fraction of sp³-hybridized carbons (Fsp3) is 0.429. The van der Waals surface area contributed by atoms with E-state index in [0.29, 0.717) is 5.75 Å². The molecule has 0 radical (unpaired) electrons. The first-order valence-corrected chi connectivity index (χ1v) is 7.00. The SMILES string of the molecule is CS(O)(O)O[C@@H](O)C[s+]1cccc1. The lowest BCUT2D eigenvalue weighted by Crippen LogP contribution is -2.15. The minimum absolute atomic E-state index is 0.137. The van der Waals surface area contributed by atoms with Gasteiger partial charge in [0.2, 0.25) is 6.29 Å². The minimum Gasteiger partial charge on any atom is -0.363 e. The van der Waals surface area contributed by atoms with Crippen LogP contribution in [0.1, 0.15) is 0 Å². The van der Waals surface area contributed by atoms with Gasteiger partial charge in [-0.3, -0.25) is 4.18 Å². The van der Waals surface area contributed by atoms with Gasteiger partial charge in [-0.1, -0.05) is 0 Å². The first-order valence-electron chi connectivity index (χ1n) is 3.60. The van der Waals surface area contributed by atoms with Gasteiger partial charge >= 0.3 is 0 Å². The van der Waals surface area contributed by atoms with Crippen LogP contribution in [0.25, 0.3) is 0 Å². The Hall–Kier alpha value is -0.110. The largest absolute Gasteiger partial charge is 0.363 e. The van der Waals surface area contributed by atoms with Crippen LogP contribution in [0, 0.1) is 0 Å². The maximum atomic E-state index is 9.26.